The van der Waals surface area contributed by atoms with Gasteiger partial charge in [0, 0.05) is 11.2 Å². The summed E-state index contributed by atoms with van der Waals surface area (Å²) in [6, 6.07) is 0. The Morgan fingerprint density at radius 2 is 2.19 bits per heavy atom. The Balaban J connectivity index is 4.38. The first kappa shape index (κ1) is 15.8. The van der Waals surface area contributed by atoms with Crippen LogP contribution in [-0.2, 0) is 20.0 Å². The molecule has 0 spiro atoms. The van der Waals surface area contributed by atoms with E-state index in [0.717, 1.165) is 12.8 Å². The van der Waals surface area contributed by atoms with E-state index in [2.05, 4.69) is 13.5 Å². The Labute approximate surface area is 104 Å². The molecule has 0 saturated heterocycles. The van der Waals surface area contributed by atoms with Crippen LogP contribution in [0.3, 0.4) is 0 Å². The molecule has 0 heterocycles. The highest BCUT2D eigenvalue weighted by molar-refractivity contribution is 8.30. The van der Waals surface area contributed by atoms with Crippen molar-refractivity contribution in [1.29, 1.82) is 0 Å². The van der Waals surface area contributed by atoms with Crippen molar-refractivity contribution in [1.82, 2.24) is 0 Å². The third-order valence-corrected chi connectivity index (χ3v) is 4.63. The minimum absolute atomic E-state index is 0.284. The van der Waals surface area contributed by atoms with E-state index in [0.29, 0.717) is 18.8 Å². The van der Waals surface area contributed by atoms with Gasteiger partial charge in [0.15, 0.2) is 0 Å². The quantitative estimate of drug-likeness (QED) is 0.680. The normalized spacial score (nSPS) is 19.2. The predicted octanol–water partition coefficient (Wildman–Crippen LogP) is 3.53. The van der Waals surface area contributed by atoms with Gasteiger partial charge < -0.3 is 4.55 Å². The molecule has 0 aromatic carbocycles. The van der Waals surface area contributed by atoms with E-state index in [9.17, 15) is 8.76 Å². The van der Waals surface area contributed by atoms with Crippen molar-refractivity contribution >= 4 is 20.0 Å². The molecule has 0 fully saturated rings. The van der Waals surface area contributed by atoms with E-state index in [1.54, 1.807) is 0 Å². The van der Waals surface area contributed by atoms with Crippen LogP contribution in [0.5, 0.6) is 0 Å². The van der Waals surface area contributed by atoms with Gasteiger partial charge in [0.2, 0.25) is 0 Å². The SMILES string of the molecule is C=CCC(C)CC(CCC=CC)S(=O)(O)=S. The highest BCUT2D eigenvalue weighted by Gasteiger charge is 2.20. The summed E-state index contributed by atoms with van der Waals surface area (Å²) in [5, 5.41) is -0.284. The van der Waals surface area contributed by atoms with Crippen LogP contribution in [0.25, 0.3) is 0 Å². The van der Waals surface area contributed by atoms with Crippen molar-refractivity contribution < 1.29 is 8.76 Å². The van der Waals surface area contributed by atoms with Crippen LogP contribution in [0.2, 0.25) is 0 Å². The zero-order valence-electron chi connectivity index (χ0n) is 10.1. The minimum atomic E-state index is -3.09. The molecule has 0 radical (unpaired) electrons. The van der Waals surface area contributed by atoms with E-state index in [-0.39, 0.29) is 5.25 Å². The lowest BCUT2D eigenvalue weighted by Crippen LogP contribution is -2.22. The van der Waals surface area contributed by atoms with Crippen molar-refractivity contribution in [3.05, 3.63) is 24.8 Å². The van der Waals surface area contributed by atoms with Gasteiger partial charge in [-0.2, -0.15) is 0 Å². The van der Waals surface area contributed by atoms with Crippen molar-refractivity contribution in [3.63, 3.8) is 0 Å². The number of hydrogen-bond donors (Lipinski definition) is 1. The van der Waals surface area contributed by atoms with Gasteiger partial charge in [0.1, 0.15) is 8.77 Å². The standard InChI is InChI=1S/C12H22O2S2/c1-4-6-7-9-12(16(13,14)15)10-11(3)8-5-2/h4-6,11-12H,2,7-10H2,1,3H3,(H,13,14,15). The molecule has 1 N–H and O–H groups in total. The Hall–Kier alpha value is -0.190. The highest BCUT2D eigenvalue weighted by Crippen LogP contribution is 2.20. The Morgan fingerprint density at radius 1 is 1.56 bits per heavy atom. The average molecular weight is 262 g/mol. The molecular formula is C12H22O2S2. The summed E-state index contributed by atoms with van der Waals surface area (Å²) in [6.45, 7) is 7.68. The molecule has 0 rings (SSSR count). The Kier molecular flexibility index (Phi) is 7.89. The summed E-state index contributed by atoms with van der Waals surface area (Å²) in [6.07, 6.45) is 8.86. The van der Waals surface area contributed by atoms with Gasteiger partial charge in [-0.25, -0.2) is 4.21 Å². The average Bonchev–Trinajstić information content (AvgIpc) is 2.15. The molecular weight excluding hydrogens is 240 g/mol. The van der Waals surface area contributed by atoms with Gasteiger partial charge in [-0.15, -0.1) is 6.58 Å². The van der Waals surface area contributed by atoms with Crippen LogP contribution in [0.4, 0.5) is 0 Å². The zero-order chi connectivity index (χ0) is 12.6. The lowest BCUT2D eigenvalue weighted by molar-refractivity contribution is 0.474. The molecule has 2 nitrogen and oxygen atoms in total. The minimum Gasteiger partial charge on any atom is -0.305 e. The maximum atomic E-state index is 11.5. The molecule has 0 bridgehead atoms. The van der Waals surface area contributed by atoms with Crippen LogP contribution in [-0.4, -0.2) is 14.0 Å². The molecule has 0 aliphatic heterocycles. The van der Waals surface area contributed by atoms with Crippen molar-refractivity contribution in [2.45, 2.75) is 44.8 Å². The summed E-state index contributed by atoms with van der Waals surface area (Å²) in [7, 11) is -3.09. The number of rotatable bonds is 8. The highest BCUT2D eigenvalue weighted by atomic mass is 32.8. The zero-order valence-corrected chi connectivity index (χ0v) is 11.7. The molecule has 0 amide bonds. The topological polar surface area (TPSA) is 37.3 Å². The maximum Gasteiger partial charge on any atom is 0.144 e. The molecule has 0 aromatic heterocycles. The molecule has 0 aliphatic rings. The second kappa shape index (κ2) is 7.98. The van der Waals surface area contributed by atoms with Crippen molar-refractivity contribution in [3.8, 4) is 0 Å². The lowest BCUT2D eigenvalue weighted by atomic mass is 9.99. The van der Waals surface area contributed by atoms with E-state index in [1.807, 2.05) is 25.2 Å². The molecule has 0 saturated carbocycles. The van der Waals surface area contributed by atoms with Gasteiger partial charge in [0.25, 0.3) is 0 Å². The first-order chi connectivity index (χ1) is 7.41. The summed E-state index contributed by atoms with van der Waals surface area (Å²) in [5.74, 6) is 0.365. The molecule has 3 atom stereocenters. The second-order valence-electron chi connectivity index (χ2n) is 4.15. The van der Waals surface area contributed by atoms with E-state index in [1.165, 1.54) is 0 Å². The first-order valence-electron chi connectivity index (χ1n) is 5.60. The predicted molar refractivity (Wildman–Crippen MR) is 74.6 cm³/mol. The second-order valence-corrected chi connectivity index (χ2v) is 7.28. The van der Waals surface area contributed by atoms with Crippen LogP contribution >= 0.6 is 0 Å². The monoisotopic (exact) mass is 262 g/mol. The summed E-state index contributed by atoms with van der Waals surface area (Å²) < 4.78 is 21.0. The fraction of sp³-hybridized carbons (Fsp3) is 0.667. The van der Waals surface area contributed by atoms with Gasteiger partial charge in [-0.1, -0.05) is 25.2 Å². The largest absolute Gasteiger partial charge is 0.305 e. The van der Waals surface area contributed by atoms with E-state index >= 15 is 0 Å². The fourth-order valence-electron chi connectivity index (χ4n) is 1.67. The van der Waals surface area contributed by atoms with Crippen LogP contribution in [0, 0.1) is 5.92 Å². The molecule has 4 heteroatoms. The summed E-state index contributed by atoms with van der Waals surface area (Å²) in [5.41, 5.74) is 0. The van der Waals surface area contributed by atoms with E-state index in [4.69, 9.17) is 11.2 Å². The lowest BCUT2D eigenvalue weighted by Gasteiger charge is -2.18. The molecule has 94 valence electrons. The van der Waals surface area contributed by atoms with Gasteiger partial charge in [0.05, 0.1) is 5.25 Å². The van der Waals surface area contributed by atoms with Crippen molar-refractivity contribution in [2.75, 3.05) is 0 Å². The van der Waals surface area contributed by atoms with Gasteiger partial charge in [-0.3, -0.25) is 0 Å². The molecule has 3 unspecified atom stereocenters. The maximum absolute atomic E-state index is 11.5. The third kappa shape index (κ3) is 7.14. The summed E-state index contributed by atoms with van der Waals surface area (Å²) >= 11 is 4.69. The fourth-order valence-corrected chi connectivity index (χ4v) is 3.20. The van der Waals surface area contributed by atoms with Gasteiger partial charge >= 0.3 is 0 Å². The first-order valence-corrected chi connectivity index (χ1v) is 8.10. The van der Waals surface area contributed by atoms with Gasteiger partial charge in [-0.05, 0) is 38.5 Å². The Bertz CT molecular complexity index is 318. The van der Waals surface area contributed by atoms with Crippen LogP contribution in [0.1, 0.15) is 39.5 Å². The number of hydrogen-bond acceptors (Lipinski definition) is 2. The smallest absolute Gasteiger partial charge is 0.144 e. The molecule has 16 heavy (non-hydrogen) atoms. The Morgan fingerprint density at radius 3 is 2.62 bits per heavy atom. The molecule has 0 aliphatic carbocycles. The van der Waals surface area contributed by atoms with E-state index < -0.39 is 8.77 Å². The number of allylic oxidation sites excluding steroid dienone is 3. The van der Waals surface area contributed by atoms with Crippen molar-refractivity contribution in [2.24, 2.45) is 5.92 Å². The van der Waals surface area contributed by atoms with Crippen LogP contribution in [0.15, 0.2) is 24.8 Å². The molecule has 0 aromatic rings. The third-order valence-electron chi connectivity index (χ3n) is 2.55. The van der Waals surface area contributed by atoms with Crippen LogP contribution < -0.4 is 0 Å². The summed E-state index contributed by atoms with van der Waals surface area (Å²) in [4.78, 5) is 0.